The van der Waals surface area contributed by atoms with Crippen molar-refractivity contribution in [3.63, 3.8) is 0 Å². The highest BCUT2D eigenvalue weighted by atomic mass is 16.3. The third kappa shape index (κ3) is 2.63. The highest BCUT2D eigenvalue weighted by Crippen LogP contribution is 2.20. The lowest BCUT2D eigenvalue weighted by Crippen LogP contribution is -2.00. The number of benzene rings is 1. The van der Waals surface area contributed by atoms with E-state index < -0.39 is 0 Å². The zero-order valence-corrected chi connectivity index (χ0v) is 14.0. The van der Waals surface area contributed by atoms with E-state index in [1.54, 1.807) is 17.1 Å². The van der Waals surface area contributed by atoms with Crippen LogP contribution in [0.25, 0.3) is 28.3 Å². The number of aromatic nitrogens is 6. The van der Waals surface area contributed by atoms with Crippen LogP contribution in [0.4, 0.5) is 0 Å². The fraction of sp³-hybridized carbons (Fsp3) is 0.158. The van der Waals surface area contributed by atoms with Gasteiger partial charge in [-0.3, -0.25) is 4.68 Å². The predicted molar refractivity (Wildman–Crippen MR) is 96.5 cm³/mol. The summed E-state index contributed by atoms with van der Waals surface area (Å²) >= 11 is 0. The van der Waals surface area contributed by atoms with Crippen molar-refractivity contribution in [1.29, 1.82) is 0 Å². The quantitative estimate of drug-likeness (QED) is 0.489. The summed E-state index contributed by atoms with van der Waals surface area (Å²) in [6.45, 7) is 0.830. The minimum absolute atomic E-state index is 0.543. The van der Waals surface area contributed by atoms with Crippen molar-refractivity contribution >= 4 is 16.7 Å². The van der Waals surface area contributed by atoms with Crippen molar-refractivity contribution in [3.8, 4) is 11.6 Å². The molecule has 26 heavy (non-hydrogen) atoms. The first-order chi connectivity index (χ1) is 12.9. The minimum atomic E-state index is 0.543. The maximum absolute atomic E-state index is 5.38. The molecule has 0 unspecified atom stereocenters. The zero-order chi connectivity index (χ0) is 17.3. The van der Waals surface area contributed by atoms with E-state index in [-0.39, 0.29) is 0 Å². The van der Waals surface area contributed by atoms with Gasteiger partial charge in [0.15, 0.2) is 17.1 Å². The molecular weight excluding hydrogens is 328 g/mol. The number of fused-ring (bicyclic) bond motifs is 3. The first kappa shape index (κ1) is 14.8. The fourth-order valence-corrected chi connectivity index (χ4v) is 3.08. The number of nitrogens with zero attached hydrogens (tertiary/aromatic N) is 6. The molecule has 0 aliphatic heterocycles. The van der Waals surface area contributed by atoms with Gasteiger partial charge in [-0.25, -0.2) is 14.5 Å². The average Bonchev–Trinajstić information content (AvgIpc) is 3.40. The Bertz CT molecular complexity index is 1160. The van der Waals surface area contributed by atoms with Gasteiger partial charge in [0.25, 0.3) is 0 Å². The van der Waals surface area contributed by atoms with Crippen molar-refractivity contribution in [2.24, 2.45) is 0 Å². The molecule has 5 rings (SSSR count). The van der Waals surface area contributed by atoms with Gasteiger partial charge in [-0.05, 0) is 30.5 Å². The van der Waals surface area contributed by atoms with Crippen molar-refractivity contribution in [2.45, 2.75) is 19.4 Å². The fourth-order valence-electron chi connectivity index (χ4n) is 3.08. The summed E-state index contributed by atoms with van der Waals surface area (Å²) in [5, 5.41) is 9.88. The number of aryl methyl sites for hydroxylation is 2. The summed E-state index contributed by atoms with van der Waals surface area (Å²) < 4.78 is 8.98. The van der Waals surface area contributed by atoms with Crippen LogP contribution < -0.4 is 0 Å². The SMILES string of the molecule is c1ccc(CCCn2cc3c(ncn4nc(-c5ccco5)nc34)n2)cc1. The molecule has 0 aliphatic rings. The topological polar surface area (TPSA) is 74.0 Å². The molecule has 0 fully saturated rings. The number of hydrogen-bond acceptors (Lipinski definition) is 5. The van der Waals surface area contributed by atoms with Crippen molar-refractivity contribution in [2.75, 3.05) is 0 Å². The van der Waals surface area contributed by atoms with E-state index in [9.17, 15) is 0 Å². The molecular formula is C19H16N6O. The van der Waals surface area contributed by atoms with Gasteiger partial charge in [0.2, 0.25) is 5.82 Å². The number of rotatable bonds is 5. The van der Waals surface area contributed by atoms with Gasteiger partial charge >= 0.3 is 0 Å². The molecule has 0 spiro atoms. The van der Waals surface area contributed by atoms with E-state index in [0.29, 0.717) is 17.2 Å². The van der Waals surface area contributed by atoms with Gasteiger partial charge in [-0.2, -0.15) is 5.10 Å². The van der Waals surface area contributed by atoms with Crippen LogP contribution in [0.5, 0.6) is 0 Å². The van der Waals surface area contributed by atoms with Crippen LogP contribution in [0.3, 0.4) is 0 Å². The zero-order valence-electron chi connectivity index (χ0n) is 14.0. The molecule has 0 radical (unpaired) electrons. The smallest absolute Gasteiger partial charge is 0.217 e. The highest BCUT2D eigenvalue weighted by Gasteiger charge is 2.14. The largest absolute Gasteiger partial charge is 0.461 e. The van der Waals surface area contributed by atoms with E-state index in [2.05, 4.69) is 44.4 Å². The van der Waals surface area contributed by atoms with E-state index in [1.165, 1.54) is 5.56 Å². The molecule has 0 saturated heterocycles. The summed E-state index contributed by atoms with van der Waals surface area (Å²) in [5.41, 5.74) is 2.75. The molecule has 1 aromatic carbocycles. The number of furan rings is 1. The third-order valence-corrected chi connectivity index (χ3v) is 4.34. The Hall–Kier alpha value is -3.48. The van der Waals surface area contributed by atoms with Crippen molar-refractivity contribution < 1.29 is 4.42 Å². The Balaban J connectivity index is 1.42. The van der Waals surface area contributed by atoms with Crippen LogP contribution in [-0.4, -0.2) is 29.4 Å². The predicted octanol–water partition coefficient (Wildman–Crippen LogP) is 3.37. The molecule has 0 aliphatic carbocycles. The lowest BCUT2D eigenvalue weighted by Gasteiger charge is -2.01. The Morgan fingerprint density at radius 2 is 1.92 bits per heavy atom. The van der Waals surface area contributed by atoms with E-state index in [4.69, 9.17) is 4.42 Å². The molecule has 0 bridgehead atoms. The third-order valence-electron chi connectivity index (χ3n) is 4.34. The summed E-state index contributed by atoms with van der Waals surface area (Å²) in [5.74, 6) is 1.18. The second-order valence-corrected chi connectivity index (χ2v) is 6.14. The van der Waals surface area contributed by atoms with E-state index >= 15 is 0 Å². The van der Waals surface area contributed by atoms with Crippen LogP contribution in [0.1, 0.15) is 12.0 Å². The summed E-state index contributed by atoms with van der Waals surface area (Å²) in [6.07, 6.45) is 7.27. The Labute approximate surface area is 148 Å². The standard InChI is InChI=1S/C19H16N6O/c1-2-6-14(7-3-1)8-4-10-24-12-15-17(22-24)20-13-25-19(15)21-18(23-25)16-9-5-11-26-16/h1-3,5-7,9,11-13H,4,8,10H2. The molecule has 128 valence electrons. The normalized spacial score (nSPS) is 11.5. The Morgan fingerprint density at radius 3 is 2.77 bits per heavy atom. The van der Waals surface area contributed by atoms with Crippen LogP contribution in [0, 0.1) is 0 Å². The molecule has 7 nitrogen and oxygen atoms in total. The lowest BCUT2D eigenvalue weighted by atomic mass is 10.1. The van der Waals surface area contributed by atoms with Crippen molar-refractivity contribution in [3.05, 3.63) is 66.8 Å². The van der Waals surface area contributed by atoms with Crippen molar-refractivity contribution in [1.82, 2.24) is 29.4 Å². The Morgan fingerprint density at radius 1 is 1.00 bits per heavy atom. The van der Waals surface area contributed by atoms with Gasteiger partial charge in [0, 0.05) is 12.7 Å². The minimum Gasteiger partial charge on any atom is -0.461 e. The van der Waals surface area contributed by atoms with Gasteiger partial charge in [-0.1, -0.05) is 30.3 Å². The van der Waals surface area contributed by atoms with Gasteiger partial charge in [-0.15, -0.1) is 5.10 Å². The summed E-state index contributed by atoms with van der Waals surface area (Å²) in [7, 11) is 0. The van der Waals surface area contributed by atoms with Gasteiger partial charge < -0.3 is 4.42 Å². The average molecular weight is 344 g/mol. The van der Waals surface area contributed by atoms with Gasteiger partial charge in [0.1, 0.15) is 6.33 Å². The molecule has 0 saturated carbocycles. The Kier molecular flexibility index (Phi) is 3.48. The van der Waals surface area contributed by atoms with E-state index in [0.717, 1.165) is 30.4 Å². The molecule has 0 amide bonds. The first-order valence-electron chi connectivity index (χ1n) is 8.53. The maximum atomic E-state index is 5.38. The van der Waals surface area contributed by atoms with Crippen LogP contribution >= 0.6 is 0 Å². The number of hydrogen-bond donors (Lipinski definition) is 0. The van der Waals surface area contributed by atoms with Gasteiger partial charge in [0.05, 0.1) is 11.6 Å². The molecule has 5 aromatic rings. The summed E-state index contributed by atoms with van der Waals surface area (Å²) in [4.78, 5) is 8.98. The molecule has 0 N–H and O–H groups in total. The monoisotopic (exact) mass is 344 g/mol. The second kappa shape index (κ2) is 6.11. The maximum Gasteiger partial charge on any atom is 0.217 e. The van der Waals surface area contributed by atoms with Crippen LogP contribution in [-0.2, 0) is 13.0 Å². The van der Waals surface area contributed by atoms with E-state index in [1.807, 2.05) is 29.1 Å². The summed E-state index contributed by atoms with van der Waals surface area (Å²) in [6, 6.07) is 14.1. The van der Waals surface area contributed by atoms with Crippen LogP contribution in [0.2, 0.25) is 0 Å². The lowest BCUT2D eigenvalue weighted by molar-refractivity contribution is 0.577. The molecule has 4 aromatic heterocycles. The van der Waals surface area contributed by atoms with Crippen LogP contribution in [0.15, 0.2) is 65.7 Å². The molecule has 4 heterocycles. The highest BCUT2D eigenvalue weighted by molar-refractivity contribution is 5.88. The molecule has 0 atom stereocenters. The second-order valence-electron chi connectivity index (χ2n) is 6.14. The first-order valence-corrected chi connectivity index (χ1v) is 8.53. The molecule has 7 heteroatoms.